The molecule has 0 radical (unpaired) electrons. The van der Waals surface area contributed by atoms with Crippen molar-refractivity contribution in [3.8, 4) is 0 Å². The molecule has 2 N–H and O–H groups in total. The molecule has 1 fully saturated rings. The number of hydrogen-bond donors (Lipinski definition) is 1. The van der Waals surface area contributed by atoms with E-state index in [1.165, 1.54) is 11.8 Å². The van der Waals surface area contributed by atoms with Crippen molar-refractivity contribution >= 4 is 23.6 Å². The maximum Gasteiger partial charge on any atom is 0.228 e. The highest BCUT2D eigenvalue weighted by atomic mass is 32.2. The second-order valence-electron chi connectivity index (χ2n) is 3.88. The monoisotopic (exact) mass is 271 g/mol. The van der Waals surface area contributed by atoms with E-state index in [0.29, 0.717) is 13.2 Å². The Morgan fingerprint density at radius 1 is 1.44 bits per heavy atom. The van der Waals surface area contributed by atoms with Gasteiger partial charge in [-0.25, -0.2) is 0 Å². The fraction of sp³-hybridized carbons (Fsp3) is 0.700. The van der Waals surface area contributed by atoms with E-state index in [1.807, 2.05) is 11.5 Å². The van der Waals surface area contributed by atoms with Crippen molar-refractivity contribution in [2.75, 3.05) is 37.0 Å². The van der Waals surface area contributed by atoms with Gasteiger partial charge in [-0.05, 0) is 6.92 Å². The van der Waals surface area contributed by atoms with Crippen molar-refractivity contribution in [3.63, 3.8) is 0 Å². The molecule has 7 nitrogen and oxygen atoms in total. The first kappa shape index (κ1) is 13.2. The predicted octanol–water partition coefficient (Wildman–Crippen LogP) is -0.288. The zero-order valence-electron chi connectivity index (χ0n) is 10.3. The molecule has 0 saturated carbocycles. The summed E-state index contributed by atoms with van der Waals surface area (Å²) in [6.07, 6.45) is 0. The van der Waals surface area contributed by atoms with Gasteiger partial charge in [0.25, 0.3) is 0 Å². The zero-order valence-corrected chi connectivity index (χ0v) is 11.2. The highest BCUT2D eigenvalue weighted by Gasteiger charge is 2.19. The van der Waals surface area contributed by atoms with Crippen LogP contribution in [0.1, 0.15) is 6.92 Å². The van der Waals surface area contributed by atoms with Crippen LogP contribution in [0.3, 0.4) is 0 Å². The molecule has 100 valence electrons. The van der Waals surface area contributed by atoms with Crippen LogP contribution in [0.15, 0.2) is 5.16 Å². The Balaban J connectivity index is 2.12. The van der Waals surface area contributed by atoms with E-state index < -0.39 is 0 Å². The number of ether oxygens (including phenoxy) is 1. The quantitative estimate of drug-likeness (QED) is 0.741. The molecule has 0 spiro atoms. The molecule has 1 amide bonds. The van der Waals surface area contributed by atoms with Gasteiger partial charge in [-0.15, -0.1) is 10.2 Å². The summed E-state index contributed by atoms with van der Waals surface area (Å²) in [6, 6.07) is 0. The van der Waals surface area contributed by atoms with Gasteiger partial charge in [0.05, 0.1) is 19.0 Å². The van der Waals surface area contributed by atoms with Crippen LogP contribution < -0.4 is 10.6 Å². The number of thioether (sulfide) groups is 1. The smallest absolute Gasteiger partial charge is 0.228 e. The first-order valence-corrected chi connectivity index (χ1v) is 6.88. The minimum absolute atomic E-state index is 0.223. The Morgan fingerprint density at radius 2 is 2.17 bits per heavy atom. The normalized spacial score (nSPS) is 15.9. The minimum Gasteiger partial charge on any atom is -0.378 e. The number of amides is 1. The molecular weight excluding hydrogens is 254 g/mol. The lowest BCUT2D eigenvalue weighted by Gasteiger charge is -2.27. The number of anilines is 1. The number of carbonyl (C=O) groups is 1. The maximum atomic E-state index is 10.8. The molecule has 2 rings (SSSR count). The summed E-state index contributed by atoms with van der Waals surface area (Å²) in [4.78, 5) is 12.9. The molecule has 1 aromatic rings. The number of carbonyl (C=O) groups excluding carboxylic acids is 1. The SMILES string of the molecule is CCn1c(SCC(N)=O)nnc1N1CCOCC1. The molecule has 0 unspecified atom stereocenters. The van der Waals surface area contributed by atoms with Crippen LogP contribution in [0.4, 0.5) is 5.95 Å². The maximum absolute atomic E-state index is 10.8. The topological polar surface area (TPSA) is 86.3 Å². The van der Waals surface area contributed by atoms with Crippen LogP contribution in [0.25, 0.3) is 0 Å². The third-order valence-corrected chi connectivity index (χ3v) is 3.64. The fourth-order valence-corrected chi connectivity index (χ4v) is 2.53. The van der Waals surface area contributed by atoms with Gasteiger partial charge in [0.15, 0.2) is 5.16 Å². The Morgan fingerprint density at radius 3 is 2.78 bits per heavy atom. The number of primary amides is 1. The van der Waals surface area contributed by atoms with Crippen LogP contribution in [0, 0.1) is 0 Å². The van der Waals surface area contributed by atoms with E-state index in [4.69, 9.17) is 10.5 Å². The van der Waals surface area contributed by atoms with Crippen LogP contribution in [-0.2, 0) is 16.1 Å². The molecule has 18 heavy (non-hydrogen) atoms. The number of aromatic nitrogens is 3. The van der Waals surface area contributed by atoms with Gasteiger partial charge in [-0.3, -0.25) is 9.36 Å². The zero-order chi connectivity index (χ0) is 13.0. The van der Waals surface area contributed by atoms with Crippen LogP contribution in [0.2, 0.25) is 0 Å². The van der Waals surface area contributed by atoms with Crippen LogP contribution >= 0.6 is 11.8 Å². The average Bonchev–Trinajstić information content (AvgIpc) is 2.80. The summed E-state index contributed by atoms with van der Waals surface area (Å²) in [5.41, 5.74) is 5.14. The summed E-state index contributed by atoms with van der Waals surface area (Å²) >= 11 is 1.32. The Hall–Kier alpha value is -1.28. The first-order valence-electron chi connectivity index (χ1n) is 5.89. The van der Waals surface area contributed by atoms with E-state index in [0.717, 1.165) is 30.7 Å². The highest BCUT2D eigenvalue weighted by molar-refractivity contribution is 7.99. The average molecular weight is 271 g/mol. The number of nitrogens with two attached hydrogens (primary N) is 1. The standard InChI is InChI=1S/C10H17N5O2S/c1-2-15-9(14-3-5-17-6-4-14)12-13-10(15)18-7-8(11)16/h2-7H2,1H3,(H2,11,16). The third kappa shape index (κ3) is 2.94. The molecule has 1 saturated heterocycles. The number of nitrogens with zero attached hydrogens (tertiary/aromatic N) is 4. The number of rotatable bonds is 5. The van der Waals surface area contributed by atoms with Crippen molar-refractivity contribution in [1.82, 2.24) is 14.8 Å². The van der Waals surface area contributed by atoms with Crippen LogP contribution in [0.5, 0.6) is 0 Å². The Labute approximate surface area is 110 Å². The second-order valence-corrected chi connectivity index (χ2v) is 4.82. The van der Waals surface area contributed by atoms with Gasteiger partial charge >= 0.3 is 0 Å². The summed E-state index contributed by atoms with van der Waals surface area (Å²) in [7, 11) is 0. The van der Waals surface area contributed by atoms with Gasteiger partial charge in [0.1, 0.15) is 0 Å². The number of morpholine rings is 1. The van der Waals surface area contributed by atoms with E-state index in [-0.39, 0.29) is 11.7 Å². The highest BCUT2D eigenvalue weighted by Crippen LogP contribution is 2.22. The lowest BCUT2D eigenvalue weighted by Crippen LogP contribution is -2.38. The van der Waals surface area contributed by atoms with Gasteiger partial charge in [-0.1, -0.05) is 11.8 Å². The summed E-state index contributed by atoms with van der Waals surface area (Å²) in [5, 5.41) is 9.05. The van der Waals surface area contributed by atoms with Gasteiger partial charge < -0.3 is 15.4 Å². The fourth-order valence-electron chi connectivity index (χ4n) is 1.80. The van der Waals surface area contributed by atoms with Crippen molar-refractivity contribution in [2.24, 2.45) is 5.73 Å². The molecule has 0 atom stereocenters. The van der Waals surface area contributed by atoms with E-state index in [9.17, 15) is 4.79 Å². The lowest BCUT2D eigenvalue weighted by molar-refractivity contribution is -0.115. The van der Waals surface area contributed by atoms with E-state index in [1.54, 1.807) is 0 Å². The molecule has 2 heterocycles. The van der Waals surface area contributed by atoms with Gasteiger partial charge in [0.2, 0.25) is 11.9 Å². The number of hydrogen-bond acceptors (Lipinski definition) is 6. The third-order valence-electron chi connectivity index (χ3n) is 2.65. The second kappa shape index (κ2) is 6.05. The Bertz CT molecular complexity index is 416. The molecule has 1 aliphatic rings. The van der Waals surface area contributed by atoms with Gasteiger partial charge in [-0.2, -0.15) is 0 Å². The van der Waals surface area contributed by atoms with E-state index in [2.05, 4.69) is 15.1 Å². The largest absolute Gasteiger partial charge is 0.378 e. The van der Waals surface area contributed by atoms with Crippen LogP contribution in [-0.4, -0.2) is 52.7 Å². The van der Waals surface area contributed by atoms with Gasteiger partial charge in [0, 0.05) is 19.6 Å². The van der Waals surface area contributed by atoms with Crippen molar-refractivity contribution in [3.05, 3.63) is 0 Å². The summed E-state index contributed by atoms with van der Waals surface area (Å²) in [5.74, 6) is 0.715. The Kier molecular flexibility index (Phi) is 4.43. The summed E-state index contributed by atoms with van der Waals surface area (Å²) < 4.78 is 7.31. The molecule has 1 aliphatic heterocycles. The van der Waals surface area contributed by atoms with Crippen molar-refractivity contribution in [2.45, 2.75) is 18.6 Å². The molecule has 0 bridgehead atoms. The molecule has 8 heteroatoms. The first-order chi connectivity index (χ1) is 8.72. The van der Waals surface area contributed by atoms with Crippen molar-refractivity contribution < 1.29 is 9.53 Å². The molecule has 0 aromatic carbocycles. The van der Waals surface area contributed by atoms with Crippen molar-refractivity contribution in [1.29, 1.82) is 0 Å². The van der Waals surface area contributed by atoms with E-state index >= 15 is 0 Å². The molecule has 1 aromatic heterocycles. The molecule has 0 aliphatic carbocycles. The molecular formula is C10H17N5O2S. The predicted molar refractivity (Wildman–Crippen MR) is 68.6 cm³/mol. The lowest BCUT2D eigenvalue weighted by atomic mass is 10.4. The summed E-state index contributed by atoms with van der Waals surface area (Å²) in [6.45, 7) is 5.85. The minimum atomic E-state index is -0.349.